The smallest absolute Gasteiger partial charge is 0.223 e. The number of nitrogens with one attached hydrogen (secondary N) is 1. The average molecular weight is 339 g/mol. The summed E-state index contributed by atoms with van der Waals surface area (Å²) in [5.41, 5.74) is 1.98. The minimum atomic E-state index is 0.0432. The first kappa shape index (κ1) is 15.7. The van der Waals surface area contributed by atoms with Gasteiger partial charge < -0.3 is 9.88 Å². The largest absolute Gasteiger partial charge is 0.340 e. The van der Waals surface area contributed by atoms with Gasteiger partial charge in [0.05, 0.1) is 17.1 Å². The maximum absolute atomic E-state index is 12.7. The number of benzene rings is 1. The number of hydrogen-bond donors (Lipinski definition) is 1. The molecule has 8 heteroatoms. The number of carbonyl (C=O) groups excluding carboxylic acids is 1. The molecule has 1 atom stereocenters. The Labute approximate surface area is 145 Å². The van der Waals surface area contributed by atoms with E-state index in [-0.39, 0.29) is 11.9 Å². The fraction of sp³-hybridized carbons (Fsp3) is 0.471. The van der Waals surface area contributed by atoms with E-state index in [1.54, 1.807) is 11.0 Å². The van der Waals surface area contributed by atoms with Gasteiger partial charge in [-0.25, -0.2) is 9.67 Å². The fourth-order valence-electron chi connectivity index (χ4n) is 3.46. The predicted octanol–water partition coefficient (Wildman–Crippen LogP) is 2.08. The van der Waals surface area contributed by atoms with E-state index in [4.69, 9.17) is 4.98 Å². The average Bonchev–Trinajstić information content (AvgIpc) is 3.31. The topological polar surface area (TPSA) is 92.6 Å². The van der Waals surface area contributed by atoms with Crippen molar-refractivity contribution in [1.82, 2.24) is 35.1 Å². The molecule has 0 aliphatic carbocycles. The first-order chi connectivity index (χ1) is 12.3. The number of aromatic amines is 1. The molecule has 1 fully saturated rings. The number of piperidine rings is 1. The highest BCUT2D eigenvalue weighted by molar-refractivity contribution is 5.77. The number of tetrazole rings is 1. The lowest BCUT2D eigenvalue weighted by atomic mass is 10.0. The molecular formula is C17H21N7O. The highest BCUT2D eigenvalue weighted by atomic mass is 16.2. The third-order valence-corrected chi connectivity index (χ3v) is 4.72. The molecule has 1 N–H and O–H groups in total. The third-order valence-electron chi connectivity index (χ3n) is 4.72. The quantitative estimate of drug-likeness (QED) is 0.768. The van der Waals surface area contributed by atoms with E-state index >= 15 is 0 Å². The van der Waals surface area contributed by atoms with Crippen molar-refractivity contribution in [2.75, 3.05) is 6.54 Å². The van der Waals surface area contributed by atoms with Crippen LogP contribution in [0.25, 0.3) is 11.0 Å². The molecule has 25 heavy (non-hydrogen) atoms. The number of amides is 1. The number of aromatic nitrogens is 6. The zero-order chi connectivity index (χ0) is 17.1. The van der Waals surface area contributed by atoms with E-state index in [2.05, 4.69) is 20.5 Å². The lowest BCUT2D eigenvalue weighted by molar-refractivity contribution is -0.135. The first-order valence-electron chi connectivity index (χ1n) is 8.76. The molecule has 2 aromatic heterocycles. The summed E-state index contributed by atoms with van der Waals surface area (Å²) in [7, 11) is 0. The summed E-state index contributed by atoms with van der Waals surface area (Å²) in [5.74, 6) is 1.08. The van der Waals surface area contributed by atoms with E-state index in [9.17, 15) is 4.79 Å². The SMILES string of the molecule is O=C(CCCn1cnnn1)N1CCCC[C@@H]1c1nc2ccccc2[nH]1. The molecule has 1 aromatic carbocycles. The molecule has 1 amide bonds. The van der Waals surface area contributed by atoms with Crippen LogP contribution in [0.15, 0.2) is 30.6 Å². The van der Waals surface area contributed by atoms with Crippen LogP contribution in [0.4, 0.5) is 0 Å². The maximum atomic E-state index is 12.7. The van der Waals surface area contributed by atoms with E-state index in [1.165, 1.54) is 0 Å². The maximum Gasteiger partial charge on any atom is 0.223 e. The highest BCUT2D eigenvalue weighted by Crippen LogP contribution is 2.31. The Hall–Kier alpha value is -2.77. The van der Waals surface area contributed by atoms with Crippen LogP contribution in [0.1, 0.15) is 44.0 Å². The Morgan fingerprint density at radius 2 is 2.20 bits per heavy atom. The Balaban J connectivity index is 1.45. The highest BCUT2D eigenvalue weighted by Gasteiger charge is 2.29. The van der Waals surface area contributed by atoms with Gasteiger partial charge in [0, 0.05) is 19.5 Å². The second-order valence-electron chi connectivity index (χ2n) is 6.41. The number of likely N-dealkylation sites (tertiary alicyclic amines) is 1. The van der Waals surface area contributed by atoms with Crippen molar-refractivity contribution in [3.05, 3.63) is 36.4 Å². The van der Waals surface area contributed by atoms with Gasteiger partial charge in [-0.15, -0.1) is 5.10 Å². The summed E-state index contributed by atoms with van der Waals surface area (Å²) in [5, 5.41) is 11.0. The molecule has 8 nitrogen and oxygen atoms in total. The molecule has 1 aliphatic rings. The Kier molecular flexibility index (Phi) is 4.41. The molecule has 130 valence electrons. The number of hydrogen-bond acceptors (Lipinski definition) is 5. The summed E-state index contributed by atoms with van der Waals surface area (Å²) in [6.45, 7) is 1.45. The van der Waals surface area contributed by atoms with Crippen LogP contribution in [0.2, 0.25) is 0 Å². The van der Waals surface area contributed by atoms with Crippen molar-refractivity contribution in [2.24, 2.45) is 0 Å². The molecule has 1 saturated heterocycles. The Morgan fingerprint density at radius 3 is 3.04 bits per heavy atom. The number of H-pyrrole nitrogens is 1. The summed E-state index contributed by atoms with van der Waals surface area (Å²) >= 11 is 0. The summed E-state index contributed by atoms with van der Waals surface area (Å²) in [4.78, 5) is 22.8. The number of carbonyl (C=O) groups is 1. The van der Waals surface area contributed by atoms with E-state index in [0.29, 0.717) is 13.0 Å². The van der Waals surface area contributed by atoms with Gasteiger partial charge in [0.2, 0.25) is 5.91 Å². The zero-order valence-corrected chi connectivity index (χ0v) is 14.0. The second kappa shape index (κ2) is 7.00. The Morgan fingerprint density at radius 1 is 1.28 bits per heavy atom. The van der Waals surface area contributed by atoms with Crippen molar-refractivity contribution in [3.8, 4) is 0 Å². The van der Waals surface area contributed by atoms with Crippen molar-refractivity contribution in [2.45, 2.75) is 44.7 Å². The van der Waals surface area contributed by atoms with Crippen LogP contribution in [0.5, 0.6) is 0 Å². The zero-order valence-electron chi connectivity index (χ0n) is 14.0. The predicted molar refractivity (Wildman–Crippen MR) is 91.4 cm³/mol. The molecule has 0 bridgehead atoms. The van der Waals surface area contributed by atoms with Crippen LogP contribution < -0.4 is 0 Å². The minimum Gasteiger partial charge on any atom is -0.340 e. The monoisotopic (exact) mass is 339 g/mol. The first-order valence-corrected chi connectivity index (χ1v) is 8.76. The molecule has 4 rings (SSSR count). The minimum absolute atomic E-state index is 0.0432. The third kappa shape index (κ3) is 3.38. The molecule has 0 unspecified atom stereocenters. The summed E-state index contributed by atoms with van der Waals surface area (Å²) in [6, 6.07) is 8.04. The summed E-state index contributed by atoms with van der Waals surface area (Å²) in [6.07, 6.45) is 5.93. The molecule has 0 radical (unpaired) electrons. The van der Waals surface area contributed by atoms with Crippen LogP contribution >= 0.6 is 0 Å². The molecule has 0 spiro atoms. The molecule has 3 aromatic rings. The number of aryl methyl sites for hydroxylation is 1. The molecule has 0 saturated carbocycles. The molecule has 3 heterocycles. The van der Waals surface area contributed by atoms with Crippen LogP contribution in [0, 0.1) is 0 Å². The van der Waals surface area contributed by atoms with Crippen molar-refractivity contribution >= 4 is 16.9 Å². The number of rotatable bonds is 5. The summed E-state index contributed by atoms with van der Waals surface area (Å²) < 4.78 is 1.65. The molecular weight excluding hydrogens is 318 g/mol. The van der Waals surface area contributed by atoms with Crippen molar-refractivity contribution < 1.29 is 4.79 Å². The van der Waals surface area contributed by atoms with Crippen LogP contribution in [-0.4, -0.2) is 47.5 Å². The van der Waals surface area contributed by atoms with Crippen molar-refractivity contribution in [3.63, 3.8) is 0 Å². The van der Waals surface area contributed by atoms with Gasteiger partial charge in [-0.3, -0.25) is 4.79 Å². The van der Waals surface area contributed by atoms with E-state index < -0.39 is 0 Å². The molecule has 1 aliphatic heterocycles. The van der Waals surface area contributed by atoms with Crippen LogP contribution in [0.3, 0.4) is 0 Å². The van der Waals surface area contributed by atoms with Gasteiger partial charge >= 0.3 is 0 Å². The lowest BCUT2D eigenvalue weighted by Crippen LogP contribution is -2.39. The Bertz CT molecular complexity index is 809. The lowest BCUT2D eigenvalue weighted by Gasteiger charge is -2.34. The van der Waals surface area contributed by atoms with Crippen molar-refractivity contribution in [1.29, 1.82) is 0 Å². The van der Waals surface area contributed by atoms with Gasteiger partial charge in [0.25, 0.3) is 0 Å². The van der Waals surface area contributed by atoms with Gasteiger partial charge in [-0.2, -0.15) is 0 Å². The standard InChI is InChI=1S/C17H21N7O/c25-16(9-5-10-23-12-18-21-22-23)24-11-4-3-8-15(24)17-19-13-6-1-2-7-14(13)20-17/h1-2,6-7,12,15H,3-5,8-11H2,(H,19,20)/t15-/m1/s1. The number of nitrogens with zero attached hydrogens (tertiary/aromatic N) is 6. The second-order valence-corrected chi connectivity index (χ2v) is 6.41. The van der Waals surface area contributed by atoms with E-state index in [1.807, 2.05) is 29.2 Å². The number of imidazole rings is 1. The number of fused-ring (bicyclic) bond motifs is 1. The fourth-order valence-corrected chi connectivity index (χ4v) is 3.46. The number of para-hydroxylation sites is 2. The van der Waals surface area contributed by atoms with Gasteiger partial charge in [-0.1, -0.05) is 12.1 Å². The van der Waals surface area contributed by atoms with Crippen LogP contribution in [-0.2, 0) is 11.3 Å². The van der Waals surface area contributed by atoms with E-state index in [0.717, 1.165) is 49.1 Å². The van der Waals surface area contributed by atoms with Gasteiger partial charge in [0.15, 0.2) is 0 Å². The normalized spacial score (nSPS) is 17.9. The van der Waals surface area contributed by atoms with Gasteiger partial charge in [-0.05, 0) is 48.2 Å². The van der Waals surface area contributed by atoms with Gasteiger partial charge in [0.1, 0.15) is 12.2 Å².